The average molecular weight is 143 g/mol. The van der Waals surface area contributed by atoms with Crippen LogP contribution in [0.4, 0.5) is 0 Å². The van der Waals surface area contributed by atoms with Gasteiger partial charge in [-0.05, 0) is 12.8 Å². The summed E-state index contributed by atoms with van der Waals surface area (Å²) in [4.78, 5) is 0. The first-order valence-electron chi connectivity index (χ1n) is 4.03. The van der Waals surface area contributed by atoms with E-state index in [2.05, 4.69) is 5.32 Å². The number of nitrogens with two attached hydrogens (primary N) is 2. The minimum absolute atomic E-state index is 0.516. The third kappa shape index (κ3) is 1.94. The molecule has 0 unspecified atom stereocenters. The molecule has 0 aliphatic carbocycles. The predicted molar refractivity (Wildman–Crippen MR) is 42.7 cm³/mol. The highest BCUT2D eigenvalue weighted by Crippen LogP contribution is 2.10. The van der Waals surface area contributed by atoms with E-state index >= 15 is 0 Å². The van der Waals surface area contributed by atoms with Crippen LogP contribution >= 0.6 is 0 Å². The molecule has 3 heteroatoms. The molecule has 0 bridgehead atoms. The molecule has 1 fully saturated rings. The second-order valence-corrected chi connectivity index (χ2v) is 2.96. The summed E-state index contributed by atoms with van der Waals surface area (Å²) in [5.41, 5.74) is 11.0. The predicted octanol–water partition coefficient (Wildman–Crippen LogP) is -0.585. The number of hydrogen-bond donors (Lipinski definition) is 3. The van der Waals surface area contributed by atoms with Crippen LogP contribution in [0.1, 0.15) is 19.3 Å². The Balaban J connectivity index is 2.25. The van der Waals surface area contributed by atoms with Crippen LogP contribution in [-0.4, -0.2) is 25.2 Å². The van der Waals surface area contributed by atoms with Gasteiger partial charge in [0.1, 0.15) is 0 Å². The van der Waals surface area contributed by atoms with Crippen molar-refractivity contribution >= 4 is 0 Å². The Morgan fingerprint density at radius 3 is 2.00 bits per heavy atom. The van der Waals surface area contributed by atoms with Gasteiger partial charge in [-0.3, -0.25) is 0 Å². The molecule has 1 rings (SSSR count). The zero-order chi connectivity index (χ0) is 7.40. The minimum atomic E-state index is 0.516. The first-order chi connectivity index (χ1) is 4.86. The number of piperidine rings is 1. The Labute approximate surface area is 62.2 Å². The van der Waals surface area contributed by atoms with Gasteiger partial charge in [-0.1, -0.05) is 6.42 Å². The first kappa shape index (κ1) is 7.98. The fraction of sp³-hybridized carbons (Fsp3) is 1.00. The highest BCUT2D eigenvalue weighted by atomic mass is 15.0. The molecule has 1 aliphatic rings. The highest BCUT2D eigenvalue weighted by molar-refractivity contribution is 4.80. The maximum absolute atomic E-state index is 5.52. The fourth-order valence-corrected chi connectivity index (χ4v) is 1.48. The Bertz CT molecular complexity index is 84.9. The van der Waals surface area contributed by atoms with Crippen molar-refractivity contribution in [2.45, 2.75) is 31.3 Å². The van der Waals surface area contributed by atoms with E-state index in [4.69, 9.17) is 11.5 Å². The molecule has 5 N–H and O–H groups in total. The molecule has 10 heavy (non-hydrogen) atoms. The second kappa shape index (κ2) is 3.91. The third-order valence-electron chi connectivity index (χ3n) is 2.15. The van der Waals surface area contributed by atoms with E-state index in [0.29, 0.717) is 12.1 Å². The van der Waals surface area contributed by atoms with Gasteiger partial charge in [-0.2, -0.15) is 0 Å². The van der Waals surface area contributed by atoms with Gasteiger partial charge in [-0.15, -0.1) is 0 Å². The van der Waals surface area contributed by atoms with Gasteiger partial charge in [0.15, 0.2) is 0 Å². The van der Waals surface area contributed by atoms with Gasteiger partial charge < -0.3 is 16.8 Å². The Morgan fingerprint density at radius 1 is 1.10 bits per heavy atom. The summed E-state index contributed by atoms with van der Waals surface area (Å²) < 4.78 is 0. The van der Waals surface area contributed by atoms with E-state index in [-0.39, 0.29) is 0 Å². The van der Waals surface area contributed by atoms with Crippen molar-refractivity contribution in [2.75, 3.05) is 13.1 Å². The van der Waals surface area contributed by atoms with Crippen molar-refractivity contribution in [3.63, 3.8) is 0 Å². The maximum Gasteiger partial charge on any atom is 0.0193 e. The normalized spacial score (nSPS) is 34.2. The quantitative estimate of drug-likeness (QED) is 0.484. The molecule has 1 aliphatic heterocycles. The van der Waals surface area contributed by atoms with E-state index in [9.17, 15) is 0 Å². The number of rotatable bonds is 2. The van der Waals surface area contributed by atoms with Crippen LogP contribution in [0, 0.1) is 0 Å². The van der Waals surface area contributed by atoms with Crippen LogP contribution in [-0.2, 0) is 0 Å². The number of nitrogens with one attached hydrogen (secondary N) is 1. The van der Waals surface area contributed by atoms with E-state index < -0.39 is 0 Å². The minimum Gasteiger partial charge on any atom is -0.329 e. The molecular weight excluding hydrogens is 126 g/mol. The van der Waals surface area contributed by atoms with Gasteiger partial charge in [-0.25, -0.2) is 0 Å². The van der Waals surface area contributed by atoms with Gasteiger partial charge in [0.05, 0.1) is 0 Å². The fourth-order valence-electron chi connectivity index (χ4n) is 1.48. The molecule has 0 aromatic rings. The Kier molecular flexibility index (Phi) is 3.12. The van der Waals surface area contributed by atoms with Gasteiger partial charge >= 0.3 is 0 Å². The summed E-state index contributed by atoms with van der Waals surface area (Å²) in [5.74, 6) is 0. The molecule has 0 aromatic carbocycles. The molecule has 0 saturated carbocycles. The zero-order valence-electron chi connectivity index (χ0n) is 6.34. The molecule has 3 nitrogen and oxygen atoms in total. The van der Waals surface area contributed by atoms with Crippen molar-refractivity contribution in [2.24, 2.45) is 11.5 Å². The lowest BCUT2D eigenvalue weighted by Gasteiger charge is -2.29. The summed E-state index contributed by atoms with van der Waals surface area (Å²) in [6, 6.07) is 1.03. The van der Waals surface area contributed by atoms with Gasteiger partial charge in [0.2, 0.25) is 0 Å². The second-order valence-electron chi connectivity index (χ2n) is 2.96. The SMILES string of the molecule is NC[C@@H]1CCC[C@@H](CN)N1. The summed E-state index contributed by atoms with van der Waals surface area (Å²) in [6.07, 6.45) is 3.71. The van der Waals surface area contributed by atoms with Crippen LogP contribution in [0.3, 0.4) is 0 Å². The summed E-state index contributed by atoms with van der Waals surface area (Å²) in [6.45, 7) is 1.49. The molecular formula is C7H17N3. The topological polar surface area (TPSA) is 64.1 Å². The van der Waals surface area contributed by atoms with Crippen LogP contribution in [0.5, 0.6) is 0 Å². The van der Waals surface area contributed by atoms with Crippen LogP contribution in [0.15, 0.2) is 0 Å². The highest BCUT2D eigenvalue weighted by Gasteiger charge is 2.17. The van der Waals surface area contributed by atoms with Crippen LogP contribution < -0.4 is 16.8 Å². The molecule has 1 heterocycles. The van der Waals surface area contributed by atoms with E-state index in [1.807, 2.05) is 0 Å². The molecule has 0 aromatic heterocycles. The summed E-state index contributed by atoms with van der Waals surface area (Å²) >= 11 is 0. The molecule has 0 amide bonds. The van der Waals surface area contributed by atoms with Gasteiger partial charge in [0, 0.05) is 25.2 Å². The first-order valence-corrected chi connectivity index (χ1v) is 4.03. The van der Waals surface area contributed by atoms with Crippen molar-refractivity contribution in [1.82, 2.24) is 5.32 Å². The Morgan fingerprint density at radius 2 is 1.60 bits per heavy atom. The van der Waals surface area contributed by atoms with E-state index in [1.54, 1.807) is 0 Å². The van der Waals surface area contributed by atoms with Crippen molar-refractivity contribution < 1.29 is 0 Å². The van der Waals surface area contributed by atoms with Crippen LogP contribution in [0.25, 0.3) is 0 Å². The molecule has 0 spiro atoms. The summed E-state index contributed by atoms with van der Waals surface area (Å²) in [5, 5.41) is 3.40. The van der Waals surface area contributed by atoms with E-state index in [0.717, 1.165) is 13.1 Å². The number of hydrogen-bond acceptors (Lipinski definition) is 3. The Hall–Kier alpha value is -0.120. The zero-order valence-corrected chi connectivity index (χ0v) is 6.34. The molecule has 1 saturated heterocycles. The third-order valence-corrected chi connectivity index (χ3v) is 2.15. The molecule has 2 atom stereocenters. The van der Waals surface area contributed by atoms with Crippen LogP contribution in [0.2, 0.25) is 0 Å². The smallest absolute Gasteiger partial charge is 0.0193 e. The van der Waals surface area contributed by atoms with E-state index in [1.165, 1.54) is 19.3 Å². The lowest BCUT2D eigenvalue weighted by Crippen LogP contribution is -2.49. The maximum atomic E-state index is 5.52. The van der Waals surface area contributed by atoms with Crippen molar-refractivity contribution in [1.29, 1.82) is 0 Å². The van der Waals surface area contributed by atoms with Crippen molar-refractivity contribution in [3.8, 4) is 0 Å². The summed E-state index contributed by atoms with van der Waals surface area (Å²) in [7, 11) is 0. The lowest BCUT2D eigenvalue weighted by molar-refractivity contribution is 0.329. The average Bonchev–Trinajstić information content (AvgIpc) is 2.05. The monoisotopic (exact) mass is 143 g/mol. The largest absolute Gasteiger partial charge is 0.329 e. The van der Waals surface area contributed by atoms with Crippen molar-refractivity contribution in [3.05, 3.63) is 0 Å². The lowest BCUT2D eigenvalue weighted by atomic mass is 9.99. The standard InChI is InChI=1S/C7H17N3/c8-4-6-2-1-3-7(5-9)10-6/h6-7,10H,1-5,8-9H2/t6-,7-/m0/s1. The molecule has 0 radical (unpaired) electrons. The molecule has 60 valence electrons. The van der Waals surface area contributed by atoms with Gasteiger partial charge in [0.25, 0.3) is 0 Å².